The summed E-state index contributed by atoms with van der Waals surface area (Å²) in [5.41, 5.74) is 14.3. The molecule has 1 radical (unpaired) electrons. The Morgan fingerprint density at radius 3 is 1.09 bits per heavy atom. The first kappa shape index (κ1) is 46.4. The minimum Gasteiger partial charge on any atom is -1.00 e. The quantitative estimate of drug-likeness (QED) is 0.165. The summed E-state index contributed by atoms with van der Waals surface area (Å²) in [5.74, 6) is 0. The number of benzene rings is 2. The molecule has 0 N–H and O–H groups in total. The van der Waals surface area contributed by atoms with E-state index in [1.54, 1.807) is 0 Å². The number of hydrogen-bond donors (Lipinski definition) is 0. The van der Waals surface area contributed by atoms with Gasteiger partial charge in [0.1, 0.15) is 0 Å². The van der Waals surface area contributed by atoms with Crippen molar-refractivity contribution in [3.63, 3.8) is 0 Å². The van der Waals surface area contributed by atoms with E-state index < -0.39 is 0 Å². The van der Waals surface area contributed by atoms with E-state index in [0.29, 0.717) is 0 Å². The van der Waals surface area contributed by atoms with Crippen LogP contribution in [-0.2, 0) is 42.8 Å². The van der Waals surface area contributed by atoms with E-state index in [2.05, 4.69) is 97.9 Å². The van der Waals surface area contributed by atoms with Crippen LogP contribution in [-0.4, -0.2) is 16.4 Å². The van der Waals surface area contributed by atoms with Gasteiger partial charge in [-0.25, -0.2) is 4.98 Å². The van der Waals surface area contributed by atoms with Crippen molar-refractivity contribution in [2.45, 2.75) is 132 Å². The van der Waals surface area contributed by atoms with Crippen molar-refractivity contribution in [3.8, 4) is 0 Å². The molecule has 255 valence electrons. The van der Waals surface area contributed by atoms with Crippen LogP contribution in [0.2, 0.25) is 0 Å². The molecule has 0 bridgehead atoms. The maximum Gasteiger partial charge on any atom is 3.00 e. The van der Waals surface area contributed by atoms with Crippen LogP contribution >= 0.6 is 0 Å². The maximum absolute atomic E-state index is 5.28. The Morgan fingerprint density at radius 1 is 0.543 bits per heavy atom. The summed E-state index contributed by atoms with van der Waals surface area (Å²) in [7, 11) is 0. The summed E-state index contributed by atoms with van der Waals surface area (Å²) in [6.07, 6.45) is 13.7. The molecule has 0 unspecified atom stereocenters. The summed E-state index contributed by atoms with van der Waals surface area (Å²) in [6.45, 7) is 17.7. The van der Waals surface area contributed by atoms with Crippen molar-refractivity contribution >= 4 is 22.8 Å². The van der Waals surface area contributed by atoms with E-state index in [9.17, 15) is 0 Å². The molecule has 0 saturated heterocycles. The second kappa shape index (κ2) is 24.5. The molecular formula is C39H55Cl3FeN3. The first-order valence-electron chi connectivity index (χ1n) is 16.6. The van der Waals surface area contributed by atoms with Crippen LogP contribution in [0.25, 0.3) is 0 Å². The van der Waals surface area contributed by atoms with Crippen molar-refractivity contribution in [1.29, 1.82) is 0 Å². The summed E-state index contributed by atoms with van der Waals surface area (Å²) in [5, 5.41) is 0. The summed E-state index contributed by atoms with van der Waals surface area (Å²) in [6, 6.07) is 15.6. The van der Waals surface area contributed by atoms with Crippen LogP contribution in [0.15, 0.2) is 52.4 Å². The molecule has 0 amide bonds. The van der Waals surface area contributed by atoms with Gasteiger partial charge in [0.25, 0.3) is 0 Å². The van der Waals surface area contributed by atoms with Crippen LogP contribution in [0.4, 0.5) is 11.4 Å². The Labute approximate surface area is 310 Å². The van der Waals surface area contributed by atoms with Gasteiger partial charge in [0.05, 0.1) is 34.2 Å². The molecule has 3 aromatic rings. The number of aliphatic imine (C=N–C) groups is 2. The summed E-state index contributed by atoms with van der Waals surface area (Å²) < 4.78 is 0. The number of pyridine rings is 1. The van der Waals surface area contributed by atoms with E-state index in [4.69, 9.17) is 15.0 Å². The largest absolute Gasteiger partial charge is 3.00 e. The molecule has 3 rings (SSSR count). The van der Waals surface area contributed by atoms with E-state index in [1.807, 2.05) is 0 Å². The smallest absolute Gasteiger partial charge is 1.00 e. The predicted molar refractivity (Wildman–Crippen MR) is 185 cm³/mol. The molecule has 1 heterocycles. The van der Waals surface area contributed by atoms with Crippen molar-refractivity contribution in [2.75, 3.05) is 0 Å². The molecule has 0 spiro atoms. The van der Waals surface area contributed by atoms with Crippen LogP contribution in [0.3, 0.4) is 0 Å². The Morgan fingerprint density at radius 2 is 0.826 bits per heavy atom. The predicted octanol–water partition coefficient (Wildman–Crippen LogP) is 2.36. The molecule has 0 saturated carbocycles. The Hall–Kier alpha value is -1.68. The third kappa shape index (κ3) is 13.8. The minimum absolute atomic E-state index is 0. The molecule has 0 aliphatic carbocycles. The van der Waals surface area contributed by atoms with Gasteiger partial charge in [0.15, 0.2) is 0 Å². The maximum atomic E-state index is 5.28. The third-order valence-corrected chi connectivity index (χ3v) is 8.07. The topological polar surface area (TPSA) is 37.6 Å². The fourth-order valence-electron chi connectivity index (χ4n) is 5.67. The molecule has 7 heteroatoms. The Bertz CT molecular complexity index is 1230. The number of nitrogens with zero attached hydrogens (tertiary/aromatic N) is 3. The zero-order valence-corrected chi connectivity index (χ0v) is 32.7. The summed E-state index contributed by atoms with van der Waals surface area (Å²) in [4.78, 5) is 15.7. The van der Waals surface area contributed by atoms with Gasteiger partial charge in [-0.2, -0.15) is 0 Å². The first-order valence-corrected chi connectivity index (χ1v) is 16.6. The van der Waals surface area contributed by atoms with Gasteiger partial charge >= 0.3 is 17.1 Å². The SMILES string of the molecule is CCCCc1cc(C)cc(CCCC)c1N=C(C)c1cccc(C(C)=Nc2c(CCCC)cc(C)cc2CCCC)n1.[Cl-].[Cl-].[Cl-].[Fe+3]. The molecule has 2 aromatic carbocycles. The van der Waals surface area contributed by atoms with Crippen molar-refractivity contribution < 1.29 is 54.3 Å². The number of rotatable bonds is 16. The first-order chi connectivity index (χ1) is 20.3. The second-order valence-electron chi connectivity index (χ2n) is 12.1. The molecule has 46 heavy (non-hydrogen) atoms. The van der Waals surface area contributed by atoms with E-state index >= 15 is 0 Å². The normalized spacial score (nSPS) is 11.2. The van der Waals surface area contributed by atoms with Gasteiger partial charge in [-0.3, -0.25) is 9.98 Å². The molecule has 0 aliphatic heterocycles. The molecule has 0 aliphatic rings. The van der Waals surface area contributed by atoms with E-state index in [0.717, 1.165) is 48.5 Å². The second-order valence-corrected chi connectivity index (χ2v) is 12.1. The number of aromatic nitrogens is 1. The molecule has 3 nitrogen and oxygen atoms in total. The van der Waals surface area contributed by atoms with Crippen LogP contribution in [0, 0.1) is 13.8 Å². The zero-order chi connectivity index (χ0) is 30.5. The van der Waals surface area contributed by atoms with Crippen molar-refractivity contribution in [2.24, 2.45) is 9.98 Å². The van der Waals surface area contributed by atoms with E-state index in [1.165, 1.54) is 96.1 Å². The number of halogens is 3. The Kier molecular flexibility index (Phi) is 24.7. The van der Waals surface area contributed by atoms with Gasteiger partial charge in [0.2, 0.25) is 0 Å². The molecule has 1 aromatic heterocycles. The number of aryl methyl sites for hydroxylation is 6. The summed E-state index contributed by atoms with van der Waals surface area (Å²) >= 11 is 0. The Balaban J connectivity index is 0. The molecular weight excluding hydrogens is 673 g/mol. The third-order valence-electron chi connectivity index (χ3n) is 8.07. The fourth-order valence-corrected chi connectivity index (χ4v) is 5.67. The average molecular weight is 728 g/mol. The fraction of sp³-hybridized carbons (Fsp3) is 0.513. The van der Waals surface area contributed by atoms with Gasteiger partial charge in [0, 0.05) is 0 Å². The number of unbranched alkanes of at least 4 members (excludes halogenated alkanes) is 4. The number of hydrogen-bond acceptors (Lipinski definition) is 3. The van der Waals surface area contributed by atoms with Crippen LogP contribution < -0.4 is 37.2 Å². The molecule has 0 atom stereocenters. The van der Waals surface area contributed by atoms with Gasteiger partial charge in [-0.1, -0.05) is 94.8 Å². The van der Waals surface area contributed by atoms with Gasteiger partial charge in [-0.05, 0) is 113 Å². The van der Waals surface area contributed by atoms with Crippen LogP contribution in [0.5, 0.6) is 0 Å². The standard InChI is InChI=1S/C39H55N3.3ClH.Fe/c1-9-13-18-32-24-28(5)25-33(19-14-10-2)38(32)40-30(7)36-22-17-23-37(42-36)31(8)41-39-34(20-15-11-3)26-29(6)27-35(39)21-16-12-4;;;;/h17,22-27H,9-16,18-21H2,1-8H3;3*1H;/q;;;;+3/p-3. The van der Waals surface area contributed by atoms with Crippen LogP contribution in [0.1, 0.15) is 138 Å². The molecule has 0 fully saturated rings. The van der Waals surface area contributed by atoms with E-state index in [-0.39, 0.29) is 54.3 Å². The van der Waals surface area contributed by atoms with Gasteiger partial charge in [-0.15, -0.1) is 0 Å². The van der Waals surface area contributed by atoms with Crippen molar-refractivity contribution in [3.05, 3.63) is 87.2 Å². The monoisotopic (exact) mass is 726 g/mol. The zero-order valence-electron chi connectivity index (χ0n) is 29.4. The van der Waals surface area contributed by atoms with Gasteiger partial charge < -0.3 is 37.2 Å². The van der Waals surface area contributed by atoms with Crippen molar-refractivity contribution in [1.82, 2.24) is 4.98 Å². The average Bonchev–Trinajstić information content (AvgIpc) is 2.98. The minimum atomic E-state index is 0.